The molecule has 7 nitrogen and oxygen atoms in total. The van der Waals surface area contributed by atoms with Crippen molar-refractivity contribution >= 4 is 17.7 Å². The molecule has 1 aromatic heterocycles. The van der Waals surface area contributed by atoms with Crippen LogP contribution in [0.2, 0.25) is 0 Å². The number of aromatic carboxylic acids is 1. The number of hydrogen-bond acceptors (Lipinski definition) is 3. The van der Waals surface area contributed by atoms with Crippen LogP contribution in [0.5, 0.6) is 0 Å². The largest absolute Gasteiger partial charge is 0.478 e. The van der Waals surface area contributed by atoms with E-state index in [0.29, 0.717) is 12.1 Å². The second-order valence-corrected chi connectivity index (χ2v) is 6.54. The van der Waals surface area contributed by atoms with Gasteiger partial charge in [-0.05, 0) is 18.2 Å². The van der Waals surface area contributed by atoms with Gasteiger partial charge in [-0.2, -0.15) is 0 Å². The maximum absolute atomic E-state index is 14.6. The van der Waals surface area contributed by atoms with Crippen LogP contribution < -0.4 is 5.32 Å². The van der Waals surface area contributed by atoms with Gasteiger partial charge in [-0.25, -0.2) is 23.4 Å². The predicted octanol–water partition coefficient (Wildman–Crippen LogP) is 3.57. The summed E-state index contributed by atoms with van der Waals surface area (Å²) in [6.45, 7) is 0.205. The molecule has 0 saturated carbocycles. The van der Waals surface area contributed by atoms with E-state index in [1.165, 1.54) is 35.5 Å². The highest BCUT2D eigenvalue weighted by atomic mass is 19.2. The molecule has 1 aliphatic heterocycles. The van der Waals surface area contributed by atoms with Gasteiger partial charge in [0, 0.05) is 24.2 Å². The summed E-state index contributed by atoms with van der Waals surface area (Å²) in [4.78, 5) is 32.9. The number of hydrogen-bond donors (Lipinski definition) is 3. The lowest BCUT2D eigenvalue weighted by Crippen LogP contribution is -2.43. The number of rotatable bonds is 3. The first kappa shape index (κ1) is 18.6. The predicted molar refractivity (Wildman–Crippen MR) is 99.6 cm³/mol. The summed E-state index contributed by atoms with van der Waals surface area (Å²) in [5.74, 6) is -3.28. The normalized spacial score (nSPS) is 15.7. The SMILES string of the molecule is O=C(O)c1ccccc1NC(=O)N1CCc2[nH]cnc2[C@@H]1c1cccc(F)c1F. The molecule has 0 unspecified atom stereocenters. The van der Waals surface area contributed by atoms with Crippen LogP contribution in [-0.4, -0.2) is 38.5 Å². The molecule has 0 aliphatic carbocycles. The molecule has 0 saturated heterocycles. The van der Waals surface area contributed by atoms with Crippen molar-refractivity contribution in [2.75, 3.05) is 11.9 Å². The third kappa shape index (κ3) is 3.31. The van der Waals surface area contributed by atoms with Gasteiger partial charge in [-0.3, -0.25) is 0 Å². The summed E-state index contributed by atoms with van der Waals surface area (Å²) in [6.07, 6.45) is 1.88. The molecule has 2 aromatic carbocycles. The van der Waals surface area contributed by atoms with Crippen molar-refractivity contribution in [1.29, 1.82) is 0 Å². The molecule has 3 N–H and O–H groups in total. The van der Waals surface area contributed by atoms with Gasteiger partial charge >= 0.3 is 12.0 Å². The number of carboxylic acid groups (broad SMARTS) is 1. The smallest absolute Gasteiger partial charge is 0.337 e. The number of anilines is 1. The van der Waals surface area contributed by atoms with E-state index in [2.05, 4.69) is 15.3 Å². The van der Waals surface area contributed by atoms with Crippen LogP contribution in [0.1, 0.15) is 33.4 Å². The highest BCUT2D eigenvalue weighted by Crippen LogP contribution is 2.35. The third-order valence-corrected chi connectivity index (χ3v) is 4.86. The van der Waals surface area contributed by atoms with Crippen molar-refractivity contribution in [2.45, 2.75) is 12.5 Å². The molecule has 0 bridgehead atoms. The van der Waals surface area contributed by atoms with Gasteiger partial charge in [0.25, 0.3) is 0 Å². The van der Waals surface area contributed by atoms with Crippen molar-refractivity contribution in [3.63, 3.8) is 0 Å². The second kappa shape index (κ2) is 7.34. The summed E-state index contributed by atoms with van der Waals surface area (Å²) in [5, 5.41) is 11.9. The summed E-state index contributed by atoms with van der Waals surface area (Å²) in [5.41, 5.74) is 1.15. The first-order valence-electron chi connectivity index (χ1n) is 8.83. The zero-order valence-electron chi connectivity index (χ0n) is 15.0. The molecule has 1 atom stereocenters. The number of benzene rings is 2. The zero-order valence-corrected chi connectivity index (χ0v) is 15.0. The van der Waals surface area contributed by atoms with Gasteiger partial charge in [0.05, 0.1) is 23.3 Å². The monoisotopic (exact) mass is 398 g/mol. The molecule has 0 spiro atoms. The van der Waals surface area contributed by atoms with E-state index in [1.54, 1.807) is 12.1 Å². The fraction of sp³-hybridized carbons (Fsp3) is 0.150. The Balaban J connectivity index is 1.73. The minimum absolute atomic E-state index is 0.0280. The minimum atomic E-state index is -1.19. The number of imidazole rings is 1. The average Bonchev–Trinajstić information content (AvgIpc) is 3.18. The van der Waals surface area contributed by atoms with Crippen LogP contribution in [0.3, 0.4) is 0 Å². The van der Waals surface area contributed by atoms with Crippen molar-refractivity contribution in [3.8, 4) is 0 Å². The molecule has 29 heavy (non-hydrogen) atoms. The van der Waals surface area contributed by atoms with Crippen LogP contribution in [0, 0.1) is 11.6 Å². The molecule has 2 amide bonds. The Morgan fingerprint density at radius 2 is 1.97 bits per heavy atom. The minimum Gasteiger partial charge on any atom is -0.478 e. The highest BCUT2D eigenvalue weighted by molar-refractivity contribution is 6.00. The lowest BCUT2D eigenvalue weighted by Gasteiger charge is -2.35. The number of H-pyrrole nitrogens is 1. The number of halogens is 2. The maximum Gasteiger partial charge on any atom is 0.337 e. The summed E-state index contributed by atoms with van der Waals surface area (Å²) in [6, 6.07) is 8.13. The second-order valence-electron chi connectivity index (χ2n) is 6.54. The Morgan fingerprint density at radius 3 is 2.76 bits per heavy atom. The van der Waals surface area contributed by atoms with E-state index >= 15 is 0 Å². The molecule has 3 aromatic rings. The van der Waals surface area contributed by atoms with Crippen LogP contribution >= 0.6 is 0 Å². The maximum atomic E-state index is 14.6. The number of amides is 2. The van der Waals surface area contributed by atoms with E-state index < -0.39 is 29.7 Å². The van der Waals surface area contributed by atoms with Gasteiger partial charge in [0.1, 0.15) is 6.04 Å². The Bertz CT molecular complexity index is 1100. The van der Waals surface area contributed by atoms with E-state index in [0.717, 1.165) is 11.8 Å². The topological polar surface area (TPSA) is 98.3 Å². The van der Waals surface area contributed by atoms with E-state index in [1.807, 2.05) is 0 Å². The number of carbonyl (C=O) groups excluding carboxylic acids is 1. The number of aromatic amines is 1. The molecular formula is C20H16F2N4O3. The number of nitrogens with one attached hydrogen (secondary N) is 2. The number of carbonyl (C=O) groups is 2. The molecule has 4 rings (SSSR count). The first-order chi connectivity index (χ1) is 14.0. The lowest BCUT2D eigenvalue weighted by atomic mass is 9.95. The Kier molecular flexibility index (Phi) is 4.71. The van der Waals surface area contributed by atoms with Gasteiger partial charge < -0.3 is 20.3 Å². The third-order valence-electron chi connectivity index (χ3n) is 4.86. The van der Waals surface area contributed by atoms with Crippen LogP contribution in [0.25, 0.3) is 0 Å². The average molecular weight is 398 g/mol. The zero-order chi connectivity index (χ0) is 20.5. The number of carboxylic acids is 1. The molecule has 1 aliphatic rings. The van der Waals surface area contributed by atoms with Gasteiger partial charge in [0.15, 0.2) is 11.6 Å². The number of para-hydroxylation sites is 1. The Hall–Kier alpha value is -3.75. The van der Waals surface area contributed by atoms with Crippen molar-refractivity contribution in [1.82, 2.24) is 14.9 Å². The van der Waals surface area contributed by atoms with E-state index in [4.69, 9.17) is 0 Å². The number of aromatic nitrogens is 2. The summed E-state index contributed by atoms with van der Waals surface area (Å²) >= 11 is 0. The molecular weight excluding hydrogens is 382 g/mol. The lowest BCUT2D eigenvalue weighted by molar-refractivity contribution is 0.0698. The quantitative estimate of drug-likeness (QED) is 0.628. The number of urea groups is 1. The van der Waals surface area contributed by atoms with Gasteiger partial charge in [-0.15, -0.1) is 0 Å². The summed E-state index contributed by atoms with van der Waals surface area (Å²) < 4.78 is 28.4. The van der Waals surface area contributed by atoms with Crippen LogP contribution in [0.15, 0.2) is 48.8 Å². The van der Waals surface area contributed by atoms with E-state index in [9.17, 15) is 23.5 Å². The van der Waals surface area contributed by atoms with Crippen molar-refractivity contribution in [3.05, 3.63) is 82.9 Å². The molecule has 0 fully saturated rings. The van der Waals surface area contributed by atoms with Crippen LogP contribution in [-0.2, 0) is 6.42 Å². The summed E-state index contributed by atoms with van der Waals surface area (Å²) in [7, 11) is 0. The Labute approximate surface area is 164 Å². The van der Waals surface area contributed by atoms with E-state index in [-0.39, 0.29) is 23.4 Å². The number of nitrogens with zero attached hydrogens (tertiary/aromatic N) is 2. The molecule has 148 valence electrons. The highest BCUT2D eigenvalue weighted by Gasteiger charge is 2.36. The first-order valence-corrected chi connectivity index (χ1v) is 8.83. The fourth-order valence-electron chi connectivity index (χ4n) is 3.51. The molecule has 0 radical (unpaired) electrons. The van der Waals surface area contributed by atoms with Crippen LogP contribution in [0.4, 0.5) is 19.3 Å². The molecule has 2 heterocycles. The fourth-order valence-corrected chi connectivity index (χ4v) is 3.51. The Morgan fingerprint density at radius 1 is 1.17 bits per heavy atom. The van der Waals surface area contributed by atoms with Gasteiger partial charge in [0.2, 0.25) is 0 Å². The number of fused-ring (bicyclic) bond motifs is 1. The standard InChI is InChI=1S/C20H16F2N4O3/c21-13-6-3-5-12(16(13)22)18-17-15(23-10-24-17)8-9-26(18)20(29)25-14-7-2-1-4-11(14)19(27)28/h1-7,10,18H,8-9H2,(H,23,24)(H,25,29)(H,27,28)/t18-/m0/s1. The van der Waals surface area contributed by atoms with Gasteiger partial charge in [-0.1, -0.05) is 24.3 Å². The van der Waals surface area contributed by atoms with Crippen molar-refractivity contribution in [2.24, 2.45) is 0 Å². The van der Waals surface area contributed by atoms with Crippen molar-refractivity contribution < 1.29 is 23.5 Å². The molecule has 9 heteroatoms.